The molecule has 0 aliphatic rings. The molecule has 0 amide bonds. The van der Waals surface area contributed by atoms with Crippen molar-refractivity contribution in [3.63, 3.8) is 0 Å². The maximum Gasteiger partial charge on any atom is 0.168 e. The van der Waals surface area contributed by atoms with Crippen molar-refractivity contribution < 1.29 is 0 Å². The van der Waals surface area contributed by atoms with E-state index in [-0.39, 0.29) is 0 Å². The van der Waals surface area contributed by atoms with Crippen LogP contribution in [0.15, 0.2) is 18.5 Å². The van der Waals surface area contributed by atoms with E-state index in [0.29, 0.717) is 0 Å². The first kappa shape index (κ1) is 10.0. The summed E-state index contributed by atoms with van der Waals surface area (Å²) in [6.45, 7) is 4.90. The van der Waals surface area contributed by atoms with Crippen LogP contribution in [0.5, 0.6) is 0 Å². The number of anilines is 1. The number of aryl methyl sites for hydroxylation is 1. The van der Waals surface area contributed by atoms with Gasteiger partial charge in [0.05, 0.1) is 11.7 Å². The van der Waals surface area contributed by atoms with Gasteiger partial charge in [0, 0.05) is 24.5 Å². The van der Waals surface area contributed by atoms with Gasteiger partial charge in [-0.2, -0.15) is 8.75 Å². The molecule has 0 unspecified atom stereocenters. The van der Waals surface area contributed by atoms with Crippen molar-refractivity contribution >= 4 is 17.5 Å². The van der Waals surface area contributed by atoms with E-state index in [1.165, 1.54) is 11.7 Å². The van der Waals surface area contributed by atoms with Crippen LogP contribution in [-0.4, -0.2) is 20.3 Å². The monoisotopic (exact) mass is 220 g/mol. The number of hydrogen-bond acceptors (Lipinski definition) is 5. The average molecular weight is 220 g/mol. The summed E-state index contributed by atoms with van der Waals surface area (Å²) in [5, 5.41) is 3.18. The third kappa shape index (κ3) is 2.12. The quantitative estimate of drug-likeness (QED) is 0.862. The van der Waals surface area contributed by atoms with E-state index >= 15 is 0 Å². The van der Waals surface area contributed by atoms with E-state index < -0.39 is 0 Å². The largest absolute Gasteiger partial charge is 0.368 e. The maximum absolute atomic E-state index is 4.27. The van der Waals surface area contributed by atoms with Gasteiger partial charge in [0.15, 0.2) is 5.82 Å². The highest BCUT2D eigenvalue weighted by Crippen LogP contribution is 2.25. The first-order chi connectivity index (χ1) is 7.31. The lowest BCUT2D eigenvalue weighted by Gasteiger charge is -2.02. The van der Waals surface area contributed by atoms with Crippen molar-refractivity contribution in [1.29, 1.82) is 0 Å². The van der Waals surface area contributed by atoms with Gasteiger partial charge in [-0.1, -0.05) is 0 Å². The van der Waals surface area contributed by atoms with Gasteiger partial charge in [0.2, 0.25) is 0 Å². The highest BCUT2D eigenvalue weighted by molar-refractivity contribution is 6.99. The van der Waals surface area contributed by atoms with Gasteiger partial charge in [-0.15, -0.1) is 0 Å². The van der Waals surface area contributed by atoms with Crippen LogP contribution >= 0.6 is 11.7 Å². The van der Waals surface area contributed by atoms with Crippen molar-refractivity contribution in [3.8, 4) is 11.3 Å². The first-order valence-electron chi connectivity index (χ1n) is 4.79. The molecule has 0 aliphatic heterocycles. The summed E-state index contributed by atoms with van der Waals surface area (Å²) in [5.74, 6) is 0.842. The van der Waals surface area contributed by atoms with E-state index in [2.05, 4.69) is 25.1 Å². The molecule has 1 N–H and O–H groups in total. The van der Waals surface area contributed by atoms with E-state index in [1.807, 2.05) is 26.2 Å². The molecule has 0 atom stereocenters. The molecule has 0 aliphatic carbocycles. The number of rotatable bonds is 3. The Morgan fingerprint density at radius 2 is 2.20 bits per heavy atom. The van der Waals surface area contributed by atoms with Crippen molar-refractivity contribution in [2.24, 2.45) is 0 Å². The molecule has 2 aromatic rings. The molecule has 0 saturated carbocycles. The van der Waals surface area contributed by atoms with E-state index in [4.69, 9.17) is 0 Å². The summed E-state index contributed by atoms with van der Waals surface area (Å²) in [5.41, 5.74) is 3.03. The predicted molar refractivity (Wildman–Crippen MR) is 62.0 cm³/mol. The minimum Gasteiger partial charge on any atom is -0.368 e. The topological polar surface area (TPSA) is 50.7 Å². The summed E-state index contributed by atoms with van der Waals surface area (Å²) < 4.78 is 8.48. The Balaban J connectivity index is 2.40. The summed E-state index contributed by atoms with van der Waals surface area (Å²) in [4.78, 5) is 4.15. The van der Waals surface area contributed by atoms with Gasteiger partial charge in [0.25, 0.3) is 0 Å². The number of nitrogens with zero attached hydrogens (tertiary/aromatic N) is 3. The molecule has 0 radical (unpaired) electrons. The fraction of sp³-hybridized carbons (Fsp3) is 0.300. The van der Waals surface area contributed by atoms with Crippen molar-refractivity contribution in [2.75, 3.05) is 11.9 Å². The molecule has 2 aromatic heterocycles. The van der Waals surface area contributed by atoms with Gasteiger partial charge in [0.1, 0.15) is 5.69 Å². The van der Waals surface area contributed by atoms with Crippen LogP contribution in [0, 0.1) is 6.92 Å². The summed E-state index contributed by atoms with van der Waals surface area (Å²) in [6.07, 6.45) is 3.64. The number of pyridine rings is 1. The maximum atomic E-state index is 4.27. The molecule has 78 valence electrons. The summed E-state index contributed by atoms with van der Waals surface area (Å²) >= 11 is 1.22. The van der Waals surface area contributed by atoms with Crippen LogP contribution in [0.3, 0.4) is 0 Å². The normalized spacial score (nSPS) is 10.3. The molecular weight excluding hydrogens is 208 g/mol. The summed E-state index contributed by atoms with van der Waals surface area (Å²) in [7, 11) is 0. The Labute approximate surface area is 92.7 Å². The molecule has 2 rings (SSSR count). The van der Waals surface area contributed by atoms with Crippen LogP contribution in [0.1, 0.15) is 12.5 Å². The molecule has 0 spiro atoms. The fourth-order valence-corrected chi connectivity index (χ4v) is 1.89. The molecule has 0 bridgehead atoms. The fourth-order valence-electron chi connectivity index (χ4n) is 1.35. The molecule has 0 fully saturated rings. The minimum atomic E-state index is 0.842. The van der Waals surface area contributed by atoms with Gasteiger partial charge in [-0.05, 0) is 25.5 Å². The molecule has 15 heavy (non-hydrogen) atoms. The standard InChI is InChI=1S/C10H12N4S/c1-3-12-10-9(13-15-14-10)8-4-7(2)5-11-6-8/h4-6H,3H2,1-2H3,(H,12,14). The Morgan fingerprint density at radius 1 is 1.33 bits per heavy atom. The second kappa shape index (κ2) is 4.35. The molecule has 0 saturated heterocycles. The van der Waals surface area contributed by atoms with Crippen LogP contribution in [0.25, 0.3) is 11.3 Å². The Bertz CT molecular complexity index is 452. The molecule has 2 heterocycles. The van der Waals surface area contributed by atoms with Gasteiger partial charge in [-0.25, -0.2) is 0 Å². The molecule has 4 nitrogen and oxygen atoms in total. The Hall–Kier alpha value is -1.49. The van der Waals surface area contributed by atoms with E-state index in [9.17, 15) is 0 Å². The number of aromatic nitrogens is 3. The average Bonchev–Trinajstić information content (AvgIpc) is 2.66. The van der Waals surface area contributed by atoms with Gasteiger partial charge >= 0.3 is 0 Å². The minimum absolute atomic E-state index is 0.842. The zero-order valence-electron chi connectivity index (χ0n) is 8.69. The van der Waals surface area contributed by atoms with E-state index in [0.717, 1.165) is 29.2 Å². The van der Waals surface area contributed by atoms with Crippen LogP contribution in [-0.2, 0) is 0 Å². The zero-order valence-corrected chi connectivity index (χ0v) is 9.51. The number of hydrogen-bond donors (Lipinski definition) is 1. The first-order valence-corrected chi connectivity index (χ1v) is 5.52. The van der Waals surface area contributed by atoms with Crippen molar-refractivity contribution in [1.82, 2.24) is 13.7 Å². The second-order valence-electron chi connectivity index (χ2n) is 3.24. The SMILES string of the molecule is CCNc1nsnc1-c1cncc(C)c1. The summed E-state index contributed by atoms with van der Waals surface area (Å²) in [6, 6.07) is 2.06. The van der Waals surface area contributed by atoms with Crippen LogP contribution < -0.4 is 5.32 Å². The highest BCUT2D eigenvalue weighted by atomic mass is 32.1. The van der Waals surface area contributed by atoms with Crippen molar-refractivity contribution in [3.05, 3.63) is 24.0 Å². The lowest BCUT2D eigenvalue weighted by Crippen LogP contribution is -1.98. The van der Waals surface area contributed by atoms with Crippen molar-refractivity contribution in [2.45, 2.75) is 13.8 Å². The smallest absolute Gasteiger partial charge is 0.168 e. The number of nitrogens with one attached hydrogen (secondary N) is 1. The van der Waals surface area contributed by atoms with Crippen LogP contribution in [0.4, 0.5) is 5.82 Å². The van der Waals surface area contributed by atoms with Crippen LogP contribution in [0.2, 0.25) is 0 Å². The Kier molecular flexibility index (Phi) is 2.91. The van der Waals surface area contributed by atoms with E-state index in [1.54, 1.807) is 0 Å². The lowest BCUT2D eigenvalue weighted by atomic mass is 10.1. The predicted octanol–water partition coefficient (Wildman–Crippen LogP) is 2.34. The third-order valence-corrected chi connectivity index (χ3v) is 2.51. The second-order valence-corrected chi connectivity index (χ2v) is 3.77. The third-order valence-electron chi connectivity index (χ3n) is 1.98. The van der Waals surface area contributed by atoms with Gasteiger partial charge in [-0.3, -0.25) is 4.98 Å². The molecule has 5 heteroatoms. The highest BCUT2D eigenvalue weighted by Gasteiger charge is 2.09. The molecular formula is C10H12N4S. The van der Waals surface area contributed by atoms with Gasteiger partial charge < -0.3 is 5.32 Å². The Morgan fingerprint density at radius 3 is 2.93 bits per heavy atom. The molecule has 0 aromatic carbocycles. The zero-order chi connectivity index (χ0) is 10.7. The lowest BCUT2D eigenvalue weighted by molar-refractivity contribution is 1.19.